The van der Waals surface area contributed by atoms with Gasteiger partial charge in [-0.1, -0.05) is 12.1 Å². The Morgan fingerprint density at radius 3 is 2.20 bits per heavy atom. The van der Waals surface area contributed by atoms with Gasteiger partial charge in [0.25, 0.3) is 11.8 Å². The highest BCUT2D eigenvalue weighted by molar-refractivity contribution is 5.91. The minimum atomic E-state index is -0.339. The number of benzene rings is 2. The van der Waals surface area contributed by atoms with E-state index in [9.17, 15) is 18.4 Å². The van der Waals surface area contributed by atoms with Crippen LogP contribution in [0.4, 0.5) is 14.5 Å². The van der Waals surface area contributed by atoms with Crippen LogP contribution in [0.1, 0.15) is 5.56 Å². The molecule has 0 aromatic heterocycles. The van der Waals surface area contributed by atoms with E-state index in [1.807, 2.05) is 0 Å². The van der Waals surface area contributed by atoms with E-state index in [4.69, 9.17) is 0 Å². The molecule has 0 aliphatic carbocycles. The minimum absolute atomic E-state index is 0.0202. The first kappa shape index (κ1) is 21.9. The number of hydrogen-bond acceptors (Lipinski definition) is 2. The highest BCUT2D eigenvalue weighted by Gasteiger charge is 2.27. The van der Waals surface area contributed by atoms with Gasteiger partial charge in [-0.3, -0.25) is 9.59 Å². The van der Waals surface area contributed by atoms with Crippen LogP contribution in [0, 0.1) is 11.6 Å². The van der Waals surface area contributed by atoms with Crippen LogP contribution in [0.25, 0.3) is 0 Å². The minimum Gasteiger partial charge on any atom is -0.337 e. The Balaban J connectivity index is 1.38. The van der Waals surface area contributed by atoms with Gasteiger partial charge in [-0.2, -0.15) is 0 Å². The van der Waals surface area contributed by atoms with E-state index < -0.39 is 0 Å². The maximum absolute atomic E-state index is 13.3. The van der Waals surface area contributed by atoms with Crippen molar-refractivity contribution in [1.29, 1.82) is 0 Å². The van der Waals surface area contributed by atoms with Crippen molar-refractivity contribution in [2.75, 3.05) is 51.6 Å². The number of carbonyl (C=O) groups is 2. The molecule has 8 heteroatoms. The van der Waals surface area contributed by atoms with Crippen molar-refractivity contribution in [1.82, 2.24) is 4.90 Å². The summed E-state index contributed by atoms with van der Waals surface area (Å²) in [5.74, 6) is -0.729. The molecular formula is C22H28F2N4O2+2. The van der Waals surface area contributed by atoms with Crippen molar-refractivity contribution in [3.63, 3.8) is 0 Å². The first-order chi connectivity index (χ1) is 14.4. The zero-order valence-corrected chi connectivity index (χ0v) is 17.1. The fourth-order valence-electron chi connectivity index (χ4n) is 3.62. The second-order valence-corrected chi connectivity index (χ2v) is 7.79. The normalized spacial score (nSPS) is 18.6. The molecule has 1 saturated heterocycles. The quantitative estimate of drug-likeness (QED) is 0.560. The van der Waals surface area contributed by atoms with Crippen molar-refractivity contribution in [3.05, 3.63) is 65.7 Å². The monoisotopic (exact) mass is 418 g/mol. The highest BCUT2D eigenvalue weighted by Crippen LogP contribution is 2.07. The van der Waals surface area contributed by atoms with Crippen molar-refractivity contribution in [2.24, 2.45) is 0 Å². The van der Waals surface area contributed by atoms with Crippen molar-refractivity contribution in [2.45, 2.75) is 6.54 Å². The number of nitrogens with zero attached hydrogens (tertiary/aromatic N) is 1. The molecule has 0 atom stereocenters. The number of rotatable bonds is 7. The number of likely N-dealkylation sites (N-methyl/N-ethyl adjacent to an activating group) is 1. The highest BCUT2D eigenvalue weighted by atomic mass is 19.1. The summed E-state index contributed by atoms with van der Waals surface area (Å²) < 4.78 is 26.2. The second-order valence-electron chi connectivity index (χ2n) is 7.79. The number of halogens is 2. The molecule has 0 saturated carbocycles. The second kappa shape index (κ2) is 10.3. The maximum Gasteiger partial charge on any atom is 0.279 e. The molecular weight excluding hydrogens is 390 g/mol. The van der Waals surface area contributed by atoms with E-state index in [-0.39, 0.29) is 23.4 Å². The van der Waals surface area contributed by atoms with Crippen molar-refractivity contribution < 1.29 is 28.2 Å². The molecule has 160 valence electrons. The summed E-state index contributed by atoms with van der Waals surface area (Å²) in [6, 6.07) is 12.0. The summed E-state index contributed by atoms with van der Waals surface area (Å²) in [6.07, 6.45) is 0. The molecule has 1 heterocycles. The smallest absolute Gasteiger partial charge is 0.279 e. The summed E-state index contributed by atoms with van der Waals surface area (Å²) in [6.45, 7) is 4.32. The Kier molecular flexibility index (Phi) is 7.48. The molecule has 0 unspecified atom stereocenters. The largest absolute Gasteiger partial charge is 0.337 e. The standard InChI is InChI=1S/C22H26F2N4O2/c1-26(14-17-3-2-4-19(24)13-17)22(30)16-28-11-9-27(10-12-28)15-21(29)25-20-7-5-18(23)6-8-20/h2-8,13H,9-12,14-16H2,1H3,(H,25,29)/p+2. The van der Waals surface area contributed by atoms with Crippen LogP contribution in [-0.2, 0) is 16.1 Å². The summed E-state index contributed by atoms with van der Waals surface area (Å²) in [4.78, 5) is 28.7. The van der Waals surface area contributed by atoms with Crippen LogP contribution in [0.5, 0.6) is 0 Å². The van der Waals surface area contributed by atoms with Crippen molar-refractivity contribution >= 4 is 17.5 Å². The molecule has 1 aliphatic rings. The third-order valence-corrected chi connectivity index (χ3v) is 5.34. The first-order valence-electron chi connectivity index (χ1n) is 10.1. The van der Waals surface area contributed by atoms with Gasteiger partial charge in [0.15, 0.2) is 13.1 Å². The average Bonchev–Trinajstić information content (AvgIpc) is 2.71. The Morgan fingerprint density at radius 2 is 1.57 bits per heavy atom. The van der Waals surface area contributed by atoms with E-state index in [1.54, 1.807) is 24.1 Å². The van der Waals surface area contributed by atoms with Gasteiger partial charge in [-0.05, 0) is 42.0 Å². The van der Waals surface area contributed by atoms with Gasteiger partial charge >= 0.3 is 0 Å². The zero-order valence-electron chi connectivity index (χ0n) is 17.1. The summed E-state index contributed by atoms with van der Waals surface area (Å²) in [7, 11) is 1.73. The Labute approximate surface area is 175 Å². The topological polar surface area (TPSA) is 58.3 Å². The lowest BCUT2D eigenvalue weighted by molar-refractivity contribution is -1.00. The van der Waals surface area contributed by atoms with E-state index in [2.05, 4.69) is 5.32 Å². The maximum atomic E-state index is 13.3. The van der Waals surface area contributed by atoms with Gasteiger partial charge in [0, 0.05) is 19.3 Å². The van der Waals surface area contributed by atoms with Crippen molar-refractivity contribution in [3.8, 4) is 0 Å². The van der Waals surface area contributed by atoms with E-state index in [0.717, 1.165) is 31.7 Å². The molecule has 1 fully saturated rings. The third-order valence-electron chi connectivity index (χ3n) is 5.34. The van der Waals surface area contributed by atoms with Gasteiger partial charge in [-0.25, -0.2) is 8.78 Å². The van der Waals surface area contributed by atoms with Crippen LogP contribution in [-0.4, -0.2) is 63.0 Å². The number of amides is 2. The molecule has 2 aromatic rings. The first-order valence-corrected chi connectivity index (χ1v) is 10.1. The van der Waals surface area contributed by atoms with E-state index in [0.29, 0.717) is 25.3 Å². The summed E-state index contributed by atoms with van der Waals surface area (Å²) in [5.41, 5.74) is 1.35. The predicted octanol–water partition coefficient (Wildman–Crippen LogP) is -0.655. The SMILES string of the molecule is CN(Cc1cccc(F)c1)C(=O)C[NH+]1CC[NH+](CC(=O)Nc2ccc(F)cc2)CC1. The predicted molar refractivity (Wildman–Crippen MR) is 109 cm³/mol. The van der Waals surface area contributed by atoms with Gasteiger partial charge in [0.05, 0.1) is 0 Å². The number of quaternary nitrogens is 2. The van der Waals surface area contributed by atoms with Gasteiger partial charge in [0.2, 0.25) is 0 Å². The number of piperazine rings is 1. The zero-order chi connectivity index (χ0) is 21.5. The Bertz CT molecular complexity index is 868. The lowest BCUT2D eigenvalue weighted by Crippen LogP contribution is -3.28. The van der Waals surface area contributed by atoms with Crippen LogP contribution in [0.3, 0.4) is 0 Å². The van der Waals surface area contributed by atoms with Crippen LogP contribution in [0.2, 0.25) is 0 Å². The van der Waals surface area contributed by atoms with Gasteiger partial charge < -0.3 is 20.0 Å². The lowest BCUT2D eigenvalue weighted by Gasteiger charge is -2.30. The molecule has 3 rings (SSSR count). The number of hydrogen-bond donors (Lipinski definition) is 3. The summed E-state index contributed by atoms with van der Waals surface area (Å²) >= 11 is 0. The fraction of sp³-hybridized carbons (Fsp3) is 0.364. The third kappa shape index (κ3) is 6.60. The van der Waals surface area contributed by atoms with Gasteiger partial charge in [-0.15, -0.1) is 0 Å². The average molecular weight is 418 g/mol. The number of anilines is 1. The van der Waals surface area contributed by atoms with E-state index >= 15 is 0 Å². The van der Waals surface area contributed by atoms with Crippen LogP contribution in [0.15, 0.2) is 48.5 Å². The molecule has 1 aliphatic heterocycles. The molecule has 2 amide bonds. The lowest BCUT2D eigenvalue weighted by atomic mass is 10.2. The molecule has 0 radical (unpaired) electrons. The molecule has 0 bridgehead atoms. The molecule has 30 heavy (non-hydrogen) atoms. The van der Waals surface area contributed by atoms with E-state index in [1.165, 1.54) is 46.2 Å². The van der Waals surface area contributed by atoms with Crippen LogP contribution >= 0.6 is 0 Å². The molecule has 0 spiro atoms. The molecule has 3 N–H and O–H groups in total. The van der Waals surface area contributed by atoms with Gasteiger partial charge in [0.1, 0.15) is 37.8 Å². The van der Waals surface area contributed by atoms with Crippen LogP contribution < -0.4 is 15.1 Å². The fourth-order valence-corrected chi connectivity index (χ4v) is 3.62. The number of nitrogens with one attached hydrogen (secondary N) is 3. The number of carbonyl (C=O) groups excluding carboxylic acids is 2. The summed E-state index contributed by atoms with van der Waals surface area (Å²) in [5, 5.41) is 2.78. The Hall–Kier alpha value is -2.84. The molecule has 6 nitrogen and oxygen atoms in total. The molecule has 2 aromatic carbocycles. The Morgan fingerprint density at radius 1 is 0.933 bits per heavy atom.